The number of nitrogens with zero attached hydrogens (tertiary/aromatic N) is 2. The molecule has 1 aromatic heterocycles. The highest BCUT2D eigenvalue weighted by molar-refractivity contribution is 6.04. The van der Waals surface area contributed by atoms with E-state index in [0.29, 0.717) is 6.54 Å². The number of benzene rings is 2. The van der Waals surface area contributed by atoms with Gasteiger partial charge in [0.25, 0.3) is 0 Å². The summed E-state index contributed by atoms with van der Waals surface area (Å²) in [6, 6.07) is 22.5. The van der Waals surface area contributed by atoms with E-state index >= 15 is 0 Å². The smallest absolute Gasteiger partial charge is 0.167 e. The first-order valence-corrected chi connectivity index (χ1v) is 9.39. The van der Waals surface area contributed by atoms with Crippen molar-refractivity contribution in [3.8, 4) is 0 Å². The van der Waals surface area contributed by atoms with Crippen molar-refractivity contribution in [1.82, 2.24) is 9.88 Å². The normalized spacial score (nSPS) is 18.9. The Hall–Kier alpha value is -2.78. The highest BCUT2D eigenvalue weighted by Crippen LogP contribution is 2.30. The van der Waals surface area contributed by atoms with Crippen LogP contribution in [0.25, 0.3) is 17.0 Å². The van der Waals surface area contributed by atoms with Gasteiger partial charge in [-0.2, -0.15) is 0 Å². The first-order chi connectivity index (χ1) is 13.0. The van der Waals surface area contributed by atoms with Crippen molar-refractivity contribution in [3.63, 3.8) is 0 Å². The van der Waals surface area contributed by atoms with Crippen molar-refractivity contribution in [2.75, 3.05) is 13.1 Å². The Balaban J connectivity index is 1.64. The molecule has 1 aliphatic rings. The van der Waals surface area contributed by atoms with E-state index in [4.69, 9.17) is 4.98 Å². The first-order valence-electron chi connectivity index (χ1n) is 9.39. The second-order valence-electron chi connectivity index (χ2n) is 7.94. The summed E-state index contributed by atoms with van der Waals surface area (Å²) in [5.74, 6) is 0.224. The molecular weight excluding hydrogens is 332 g/mol. The van der Waals surface area contributed by atoms with Gasteiger partial charge in [-0.15, -0.1) is 0 Å². The summed E-state index contributed by atoms with van der Waals surface area (Å²) >= 11 is 0. The lowest BCUT2D eigenvalue weighted by Gasteiger charge is -2.38. The number of ketones is 1. The predicted octanol–water partition coefficient (Wildman–Crippen LogP) is 4.73. The zero-order valence-corrected chi connectivity index (χ0v) is 15.9. The summed E-state index contributed by atoms with van der Waals surface area (Å²) in [5, 5.41) is 1.11. The fourth-order valence-electron chi connectivity index (χ4n) is 3.84. The van der Waals surface area contributed by atoms with Gasteiger partial charge in [-0.05, 0) is 23.8 Å². The number of carbonyl (C=O) groups is 1. The Morgan fingerprint density at radius 2 is 1.74 bits per heavy atom. The number of hydrogen-bond acceptors (Lipinski definition) is 3. The SMILES string of the molecule is CC1(C)CN(Cc2ccccc2)CC(=Cc2ccc3ccccc3n2)C1=O. The van der Waals surface area contributed by atoms with Crippen LogP contribution in [0.5, 0.6) is 0 Å². The third-order valence-electron chi connectivity index (χ3n) is 5.11. The predicted molar refractivity (Wildman–Crippen MR) is 110 cm³/mol. The number of para-hydroxylation sites is 1. The van der Waals surface area contributed by atoms with Crippen molar-refractivity contribution in [2.45, 2.75) is 20.4 Å². The molecule has 136 valence electrons. The molecule has 0 N–H and O–H groups in total. The van der Waals surface area contributed by atoms with Crippen LogP contribution in [-0.4, -0.2) is 28.8 Å². The Bertz CT molecular complexity index is 1010. The van der Waals surface area contributed by atoms with Crippen LogP contribution in [-0.2, 0) is 11.3 Å². The molecule has 0 radical (unpaired) electrons. The second kappa shape index (κ2) is 7.09. The van der Waals surface area contributed by atoms with Gasteiger partial charge < -0.3 is 0 Å². The van der Waals surface area contributed by atoms with Crippen molar-refractivity contribution in [2.24, 2.45) is 5.41 Å². The summed E-state index contributed by atoms with van der Waals surface area (Å²) < 4.78 is 0. The van der Waals surface area contributed by atoms with Crippen LogP contribution in [0.4, 0.5) is 0 Å². The lowest BCUT2D eigenvalue weighted by Crippen LogP contribution is -2.47. The lowest BCUT2D eigenvalue weighted by atomic mass is 9.79. The van der Waals surface area contributed by atoms with Crippen LogP contribution < -0.4 is 0 Å². The van der Waals surface area contributed by atoms with Crippen molar-refractivity contribution in [1.29, 1.82) is 0 Å². The van der Waals surface area contributed by atoms with Crippen molar-refractivity contribution >= 4 is 22.8 Å². The zero-order valence-electron chi connectivity index (χ0n) is 15.9. The molecular formula is C24H24N2O. The fraction of sp³-hybridized carbons (Fsp3) is 0.250. The van der Waals surface area contributed by atoms with E-state index in [1.807, 2.05) is 50.3 Å². The quantitative estimate of drug-likeness (QED) is 0.636. The number of fused-ring (bicyclic) bond motifs is 1. The van der Waals surface area contributed by atoms with E-state index in [-0.39, 0.29) is 5.78 Å². The van der Waals surface area contributed by atoms with Crippen LogP contribution in [0, 0.1) is 5.41 Å². The molecule has 0 saturated carbocycles. The van der Waals surface area contributed by atoms with Crippen molar-refractivity contribution < 1.29 is 4.79 Å². The van der Waals surface area contributed by atoms with Gasteiger partial charge in [0, 0.05) is 36.0 Å². The Labute approximate surface area is 160 Å². The van der Waals surface area contributed by atoms with Gasteiger partial charge >= 0.3 is 0 Å². The molecule has 3 nitrogen and oxygen atoms in total. The van der Waals surface area contributed by atoms with Crippen molar-refractivity contribution in [3.05, 3.63) is 83.6 Å². The molecule has 0 atom stereocenters. The van der Waals surface area contributed by atoms with Gasteiger partial charge in [0.2, 0.25) is 0 Å². The molecule has 27 heavy (non-hydrogen) atoms. The number of aromatic nitrogens is 1. The maximum Gasteiger partial charge on any atom is 0.167 e. The molecule has 0 bridgehead atoms. The monoisotopic (exact) mass is 356 g/mol. The third kappa shape index (κ3) is 3.83. The van der Waals surface area contributed by atoms with Crippen LogP contribution in [0.3, 0.4) is 0 Å². The first kappa shape index (κ1) is 17.6. The molecule has 2 heterocycles. The van der Waals surface area contributed by atoms with Crippen LogP contribution >= 0.6 is 0 Å². The average Bonchev–Trinajstić information content (AvgIpc) is 2.66. The molecule has 1 saturated heterocycles. The molecule has 3 aromatic rings. The maximum atomic E-state index is 13.0. The Kier molecular flexibility index (Phi) is 4.63. The van der Waals surface area contributed by atoms with Gasteiger partial charge in [-0.1, -0.05) is 68.4 Å². The number of rotatable bonds is 3. The number of piperidine rings is 1. The van der Waals surface area contributed by atoms with E-state index in [9.17, 15) is 4.79 Å². The number of hydrogen-bond donors (Lipinski definition) is 0. The molecule has 4 rings (SSSR count). The lowest BCUT2D eigenvalue weighted by molar-refractivity contribution is -0.126. The standard InChI is InChI=1S/C24H24N2O/c1-24(2)17-26(15-18-8-4-3-5-9-18)16-20(23(24)27)14-21-13-12-19-10-6-7-11-22(19)25-21/h3-14H,15-17H2,1-2H3. The Morgan fingerprint density at radius 1 is 1.00 bits per heavy atom. The van der Waals surface area contributed by atoms with Crippen LogP contribution in [0.15, 0.2) is 72.3 Å². The van der Waals surface area contributed by atoms with E-state index in [1.165, 1.54) is 5.56 Å². The topological polar surface area (TPSA) is 33.2 Å². The molecule has 0 unspecified atom stereocenters. The summed E-state index contributed by atoms with van der Waals surface area (Å²) in [7, 11) is 0. The largest absolute Gasteiger partial charge is 0.294 e. The van der Waals surface area contributed by atoms with Gasteiger partial charge in [-0.3, -0.25) is 9.69 Å². The number of likely N-dealkylation sites (tertiary alicyclic amines) is 1. The minimum absolute atomic E-state index is 0.224. The zero-order chi connectivity index (χ0) is 18.9. The molecule has 3 heteroatoms. The molecule has 1 fully saturated rings. The van der Waals surface area contributed by atoms with Crippen LogP contribution in [0.1, 0.15) is 25.1 Å². The Morgan fingerprint density at radius 3 is 2.56 bits per heavy atom. The average molecular weight is 356 g/mol. The van der Waals surface area contributed by atoms with E-state index in [2.05, 4.69) is 41.3 Å². The maximum absolute atomic E-state index is 13.0. The third-order valence-corrected chi connectivity index (χ3v) is 5.11. The van der Waals surface area contributed by atoms with Gasteiger partial charge in [0.15, 0.2) is 5.78 Å². The molecule has 2 aromatic carbocycles. The van der Waals surface area contributed by atoms with Gasteiger partial charge in [-0.25, -0.2) is 4.98 Å². The molecule has 1 aliphatic heterocycles. The highest BCUT2D eigenvalue weighted by Gasteiger charge is 2.37. The van der Waals surface area contributed by atoms with Gasteiger partial charge in [0.1, 0.15) is 0 Å². The van der Waals surface area contributed by atoms with Gasteiger partial charge in [0.05, 0.1) is 11.2 Å². The van der Waals surface area contributed by atoms with Crippen LogP contribution in [0.2, 0.25) is 0 Å². The fourth-order valence-corrected chi connectivity index (χ4v) is 3.84. The summed E-state index contributed by atoms with van der Waals surface area (Å²) in [5.41, 5.74) is 3.51. The number of carbonyl (C=O) groups excluding carboxylic acids is 1. The molecule has 0 amide bonds. The minimum Gasteiger partial charge on any atom is -0.294 e. The number of pyridine rings is 1. The summed E-state index contributed by atoms with van der Waals surface area (Å²) in [4.78, 5) is 20.1. The summed E-state index contributed by atoms with van der Waals surface area (Å²) in [6.45, 7) is 6.34. The van der Waals surface area contributed by atoms with E-state index < -0.39 is 5.41 Å². The van der Waals surface area contributed by atoms with E-state index in [0.717, 1.165) is 35.3 Å². The molecule has 0 aliphatic carbocycles. The second-order valence-corrected chi connectivity index (χ2v) is 7.94. The van der Waals surface area contributed by atoms with E-state index in [1.54, 1.807) is 0 Å². The highest BCUT2D eigenvalue weighted by atomic mass is 16.1. The minimum atomic E-state index is -0.393. The number of Topliss-reactive ketones (excluding diaryl/α,β-unsaturated/α-hetero) is 1. The summed E-state index contributed by atoms with van der Waals surface area (Å²) in [6.07, 6.45) is 1.97. The molecule has 0 spiro atoms.